The van der Waals surface area contributed by atoms with Gasteiger partial charge in [0.15, 0.2) is 0 Å². The summed E-state index contributed by atoms with van der Waals surface area (Å²) in [6.45, 7) is 1.74. The quantitative estimate of drug-likeness (QED) is 0.924. The Morgan fingerprint density at radius 2 is 2.00 bits per heavy atom. The molecule has 20 heavy (non-hydrogen) atoms. The molecule has 104 valence electrons. The Labute approximate surface area is 116 Å². The normalized spacial score (nSPS) is 12.1. The molecule has 0 bridgehead atoms. The van der Waals surface area contributed by atoms with Crippen molar-refractivity contribution in [2.45, 2.75) is 6.92 Å². The van der Waals surface area contributed by atoms with E-state index in [2.05, 4.69) is 4.98 Å². The van der Waals surface area contributed by atoms with Crippen LogP contribution in [0.15, 0.2) is 36.7 Å². The first-order valence-electron chi connectivity index (χ1n) is 6.31. The first-order chi connectivity index (χ1) is 9.50. The van der Waals surface area contributed by atoms with Crippen molar-refractivity contribution < 1.29 is 14.7 Å². The van der Waals surface area contributed by atoms with Crippen LogP contribution < -0.4 is 0 Å². The highest BCUT2D eigenvalue weighted by Gasteiger charge is 2.20. The van der Waals surface area contributed by atoms with Crippen LogP contribution in [0.5, 0.6) is 0 Å². The van der Waals surface area contributed by atoms with Crippen LogP contribution in [0, 0.1) is 5.92 Å². The fourth-order valence-corrected chi connectivity index (χ4v) is 2.06. The number of aliphatic carboxylic acids is 1. The number of pyridine rings is 1. The summed E-state index contributed by atoms with van der Waals surface area (Å²) in [5.41, 5.74) is 0.489. The van der Waals surface area contributed by atoms with E-state index in [0.717, 1.165) is 10.8 Å². The van der Waals surface area contributed by atoms with E-state index in [0.29, 0.717) is 5.56 Å². The minimum absolute atomic E-state index is 0.164. The van der Waals surface area contributed by atoms with Crippen LogP contribution in [0.3, 0.4) is 0 Å². The number of carbonyl (C=O) groups is 2. The van der Waals surface area contributed by atoms with E-state index in [-0.39, 0.29) is 12.5 Å². The van der Waals surface area contributed by atoms with E-state index in [1.54, 1.807) is 20.2 Å². The van der Waals surface area contributed by atoms with Crippen LogP contribution in [0.2, 0.25) is 0 Å². The van der Waals surface area contributed by atoms with Crippen LogP contribution in [0.4, 0.5) is 0 Å². The topological polar surface area (TPSA) is 70.5 Å². The molecule has 1 atom stereocenters. The smallest absolute Gasteiger partial charge is 0.308 e. The van der Waals surface area contributed by atoms with Gasteiger partial charge in [-0.3, -0.25) is 14.6 Å². The first-order valence-corrected chi connectivity index (χ1v) is 6.31. The van der Waals surface area contributed by atoms with E-state index in [9.17, 15) is 9.59 Å². The van der Waals surface area contributed by atoms with Crippen LogP contribution in [0.25, 0.3) is 10.8 Å². The van der Waals surface area contributed by atoms with E-state index < -0.39 is 11.9 Å². The Morgan fingerprint density at radius 3 is 2.70 bits per heavy atom. The molecule has 0 spiro atoms. The number of benzene rings is 1. The molecule has 0 fully saturated rings. The molecule has 5 heteroatoms. The Kier molecular flexibility index (Phi) is 3.98. The first kappa shape index (κ1) is 14.0. The molecule has 0 saturated heterocycles. The zero-order valence-electron chi connectivity index (χ0n) is 11.4. The van der Waals surface area contributed by atoms with Gasteiger partial charge in [-0.2, -0.15) is 0 Å². The van der Waals surface area contributed by atoms with Gasteiger partial charge in [0.25, 0.3) is 5.91 Å². The maximum absolute atomic E-state index is 12.4. The number of carboxylic acids is 1. The number of nitrogens with zero attached hydrogens (tertiary/aromatic N) is 2. The van der Waals surface area contributed by atoms with Gasteiger partial charge in [0.1, 0.15) is 0 Å². The second kappa shape index (κ2) is 5.69. The zero-order valence-corrected chi connectivity index (χ0v) is 11.4. The van der Waals surface area contributed by atoms with Gasteiger partial charge in [-0.15, -0.1) is 0 Å². The molecule has 2 rings (SSSR count). The zero-order chi connectivity index (χ0) is 14.7. The number of fused-ring (bicyclic) bond motifs is 1. The molecule has 1 aromatic heterocycles. The molecule has 0 aliphatic carbocycles. The second-order valence-electron chi connectivity index (χ2n) is 4.83. The summed E-state index contributed by atoms with van der Waals surface area (Å²) in [6.07, 6.45) is 3.22. The Hall–Kier alpha value is -2.43. The Morgan fingerprint density at radius 1 is 1.30 bits per heavy atom. The lowest BCUT2D eigenvalue weighted by atomic mass is 10.1. The van der Waals surface area contributed by atoms with Gasteiger partial charge in [-0.1, -0.05) is 31.2 Å². The summed E-state index contributed by atoms with van der Waals surface area (Å²) in [5, 5.41) is 10.6. The van der Waals surface area contributed by atoms with Gasteiger partial charge in [-0.05, 0) is 5.39 Å². The number of hydrogen-bond donors (Lipinski definition) is 1. The van der Waals surface area contributed by atoms with Crippen molar-refractivity contribution in [3.63, 3.8) is 0 Å². The maximum Gasteiger partial charge on any atom is 0.308 e. The molecular weight excluding hydrogens is 256 g/mol. The third-order valence-electron chi connectivity index (χ3n) is 3.21. The van der Waals surface area contributed by atoms with Gasteiger partial charge in [0.05, 0.1) is 11.5 Å². The van der Waals surface area contributed by atoms with E-state index in [4.69, 9.17) is 5.11 Å². The molecule has 5 nitrogen and oxygen atoms in total. The average molecular weight is 272 g/mol. The molecule has 1 N–H and O–H groups in total. The van der Waals surface area contributed by atoms with Crippen LogP contribution >= 0.6 is 0 Å². The minimum Gasteiger partial charge on any atom is -0.481 e. The molecule has 1 heterocycles. The predicted octanol–water partition coefficient (Wildman–Crippen LogP) is 2.03. The fraction of sp³-hybridized carbons (Fsp3) is 0.267. The number of carbonyl (C=O) groups excluding carboxylic acids is 1. The molecule has 1 unspecified atom stereocenters. The summed E-state index contributed by atoms with van der Waals surface area (Å²) in [6, 6.07) is 7.49. The van der Waals surface area contributed by atoms with Gasteiger partial charge < -0.3 is 10.0 Å². The molecule has 1 aromatic carbocycles. The van der Waals surface area contributed by atoms with Gasteiger partial charge in [-0.25, -0.2) is 0 Å². The van der Waals surface area contributed by atoms with Crippen LogP contribution in [-0.4, -0.2) is 40.5 Å². The Balaban J connectivity index is 2.29. The standard InChI is InChI=1S/C15H16N2O3/c1-10(15(19)20)9-17(2)14(18)13-8-16-7-11-5-3-4-6-12(11)13/h3-8,10H,9H2,1-2H3,(H,19,20). The van der Waals surface area contributed by atoms with Crippen LogP contribution in [-0.2, 0) is 4.79 Å². The predicted molar refractivity (Wildman–Crippen MR) is 75.5 cm³/mol. The number of aromatic nitrogens is 1. The highest BCUT2D eigenvalue weighted by Crippen LogP contribution is 2.18. The minimum atomic E-state index is -0.916. The third-order valence-corrected chi connectivity index (χ3v) is 3.21. The molecule has 0 saturated carbocycles. The SMILES string of the molecule is CC(CN(C)C(=O)c1cncc2ccccc12)C(=O)O. The van der Waals surface area contributed by atoms with Gasteiger partial charge >= 0.3 is 5.97 Å². The summed E-state index contributed by atoms with van der Waals surface area (Å²) in [4.78, 5) is 28.8. The lowest BCUT2D eigenvalue weighted by molar-refractivity contribution is -0.141. The molecular formula is C15H16N2O3. The van der Waals surface area contributed by atoms with Gasteiger partial charge in [0.2, 0.25) is 0 Å². The summed E-state index contributed by atoms with van der Waals surface area (Å²) in [7, 11) is 1.60. The molecule has 0 radical (unpaired) electrons. The van der Waals surface area contributed by atoms with E-state index >= 15 is 0 Å². The van der Waals surface area contributed by atoms with Crippen molar-refractivity contribution in [3.05, 3.63) is 42.2 Å². The summed E-state index contributed by atoms with van der Waals surface area (Å²) >= 11 is 0. The molecule has 2 aromatic rings. The monoisotopic (exact) mass is 272 g/mol. The second-order valence-corrected chi connectivity index (χ2v) is 4.83. The highest BCUT2D eigenvalue weighted by molar-refractivity contribution is 6.06. The number of rotatable bonds is 4. The van der Waals surface area contributed by atoms with E-state index in [1.807, 2.05) is 24.3 Å². The van der Waals surface area contributed by atoms with E-state index in [1.165, 1.54) is 11.1 Å². The lowest BCUT2D eigenvalue weighted by Gasteiger charge is -2.20. The maximum atomic E-state index is 12.4. The summed E-state index contributed by atoms with van der Waals surface area (Å²) < 4.78 is 0. The third kappa shape index (κ3) is 2.77. The lowest BCUT2D eigenvalue weighted by Crippen LogP contribution is -2.33. The largest absolute Gasteiger partial charge is 0.481 e. The fourth-order valence-electron chi connectivity index (χ4n) is 2.06. The molecule has 0 aliphatic heterocycles. The highest BCUT2D eigenvalue weighted by atomic mass is 16.4. The van der Waals surface area contributed by atoms with Crippen molar-refractivity contribution in [1.82, 2.24) is 9.88 Å². The number of amides is 1. The average Bonchev–Trinajstić information content (AvgIpc) is 2.45. The van der Waals surface area contributed by atoms with Gasteiger partial charge in [0, 0.05) is 31.4 Å². The van der Waals surface area contributed by atoms with Crippen LogP contribution in [0.1, 0.15) is 17.3 Å². The van der Waals surface area contributed by atoms with Crippen molar-refractivity contribution in [1.29, 1.82) is 0 Å². The molecule has 1 amide bonds. The summed E-state index contributed by atoms with van der Waals surface area (Å²) in [5.74, 6) is -1.74. The van der Waals surface area contributed by atoms with Crippen molar-refractivity contribution in [3.8, 4) is 0 Å². The Bertz CT molecular complexity index is 649. The molecule has 0 aliphatic rings. The number of carboxylic acid groups (broad SMARTS) is 1. The van der Waals surface area contributed by atoms with Crippen molar-refractivity contribution >= 4 is 22.6 Å². The number of hydrogen-bond acceptors (Lipinski definition) is 3. The van der Waals surface area contributed by atoms with Crippen molar-refractivity contribution in [2.75, 3.05) is 13.6 Å². The van der Waals surface area contributed by atoms with Crippen molar-refractivity contribution in [2.24, 2.45) is 5.92 Å².